The Hall–Kier alpha value is -3.27. The third-order valence-corrected chi connectivity index (χ3v) is 6.61. The highest BCUT2D eigenvalue weighted by atomic mass is 16.6. The molecule has 0 aliphatic carbocycles. The molecular weight excluding hydrogens is 500 g/mol. The van der Waals surface area contributed by atoms with Gasteiger partial charge in [0.2, 0.25) is 5.91 Å². The number of benzene rings is 2. The lowest BCUT2D eigenvalue weighted by Gasteiger charge is -2.28. The summed E-state index contributed by atoms with van der Waals surface area (Å²) in [7, 11) is 1.59. The second-order valence-electron chi connectivity index (χ2n) is 9.52. The molecule has 2 aromatic carbocycles. The summed E-state index contributed by atoms with van der Waals surface area (Å²) in [4.78, 5) is 40.7. The first-order valence-corrected chi connectivity index (χ1v) is 13.5. The van der Waals surface area contributed by atoms with Crippen LogP contribution in [0.4, 0.5) is 0 Å². The number of amides is 1. The maximum atomic E-state index is 13.4. The Labute approximate surface area is 230 Å². The van der Waals surface area contributed by atoms with Gasteiger partial charge in [-0.2, -0.15) is 0 Å². The molecule has 1 aliphatic rings. The standard InChI is InChI=1S/C30H40N2O7/c1-23(28(33)32-17-9-14-27(32)30(35)38-21-20-37-19-18-36-2)31-26(16-15-24-10-5-3-6-11-24)29(34)39-22-25-12-7-4-8-13-25/h3-8,10-13,23,26-27,31H,9,14-22H2,1-2H3/t23-,26-,27-/m0/s1. The molecule has 0 aromatic heterocycles. The van der Waals surface area contributed by atoms with Gasteiger partial charge in [0, 0.05) is 13.7 Å². The average Bonchev–Trinajstić information content (AvgIpc) is 3.46. The van der Waals surface area contributed by atoms with E-state index in [4.69, 9.17) is 18.9 Å². The molecule has 0 radical (unpaired) electrons. The topological polar surface area (TPSA) is 103 Å². The van der Waals surface area contributed by atoms with Crippen LogP contribution in [0.3, 0.4) is 0 Å². The van der Waals surface area contributed by atoms with Gasteiger partial charge in [-0.3, -0.25) is 14.9 Å². The van der Waals surface area contributed by atoms with E-state index in [1.807, 2.05) is 60.7 Å². The van der Waals surface area contributed by atoms with Crippen molar-refractivity contribution in [2.75, 3.05) is 40.1 Å². The van der Waals surface area contributed by atoms with Crippen molar-refractivity contribution in [1.29, 1.82) is 0 Å². The minimum absolute atomic E-state index is 0.115. The van der Waals surface area contributed by atoms with E-state index in [-0.39, 0.29) is 25.7 Å². The van der Waals surface area contributed by atoms with E-state index < -0.39 is 30.1 Å². The van der Waals surface area contributed by atoms with E-state index in [2.05, 4.69) is 5.32 Å². The Morgan fingerprint density at radius 1 is 0.923 bits per heavy atom. The van der Waals surface area contributed by atoms with Crippen LogP contribution in [0.15, 0.2) is 60.7 Å². The Balaban J connectivity index is 1.57. The summed E-state index contributed by atoms with van der Waals surface area (Å²) in [5, 5.41) is 3.18. The van der Waals surface area contributed by atoms with Crippen LogP contribution >= 0.6 is 0 Å². The number of nitrogens with one attached hydrogen (secondary N) is 1. The Morgan fingerprint density at radius 3 is 2.28 bits per heavy atom. The predicted molar refractivity (Wildman–Crippen MR) is 146 cm³/mol. The second kappa shape index (κ2) is 16.6. The van der Waals surface area contributed by atoms with Crippen LogP contribution in [0, 0.1) is 0 Å². The van der Waals surface area contributed by atoms with Gasteiger partial charge in [-0.05, 0) is 43.7 Å². The van der Waals surface area contributed by atoms with Gasteiger partial charge in [0.15, 0.2) is 0 Å². The number of methoxy groups -OCH3 is 1. The molecule has 1 aliphatic heterocycles. The highest BCUT2D eigenvalue weighted by Crippen LogP contribution is 2.20. The fourth-order valence-corrected chi connectivity index (χ4v) is 4.49. The smallest absolute Gasteiger partial charge is 0.328 e. The van der Waals surface area contributed by atoms with E-state index in [1.54, 1.807) is 18.9 Å². The lowest BCUT2D eigenvalue weighted by atomic mass is 10.0. The van der Waals surface area contributed by atoms with Crippen LogP contribution in [0.1, 0.15) is 37.3 Å². The zero-order chi connectivity index (χ0) is 27.9. The number of nitrogens with zero attached hydrogens (tertiary/aromatic N) is 1. The quantitative estimate of drug-likeness (QED) is 0.256. The molecule has 39 heavy (non-hydrogen) atoms. The Bertz CT molecular complexity index is 1020. The van der Waals surface area contributed by atoms with Gasteiger partial charge in [0.25, 0.3) is 0 Å². The zero-order valence-electron chi connectivity index (χ0n) is 22.9. The van der Waals surface area contributed by atoms with Crippen molar-refractivity contribution in [2.24, 2.45) is 0 Å². The molecule has 0 bridgehead atoms. The first-order chi connectivity index (χ1) is 19.0. The van der Waals surface area contributed by atoms with Crippen molar-refractivity contribution in [2.45, 2.75) is 57.3 Å². The van der Waals surface area contributed by atoms with E-state index in [9.17, 15) is 14.4 Å². The molecule has 3 rings (SSSR count). The largest absolute Gasteiger partial charge is 0.462 e. The van der Waals surface area contributed by atoms with Crippen LogP contribution in [0.5, 0.6) is 0 Å². The number of hydrogen-bond acceptors (Lipinski definition) is 8. The summed E-state index contributed by atoms with van der Waals surface area (Å²) >= 11 is 0. The Morgan fingerprint density at radius 2 is 1.59 bits per heavy atom. The van der Waals surface area contributed by atoms with Gasteiger partial charge in [-0.25, -0.2) is 4.79 Å². The van der Waals surface area contributed by atoms with Crippen molar-refractivity contribution in [3.8, 4) is 0 Å². The molecule has 2 aromatic rings. The first-order valence-electron chi connectivity index (χ1n) is 13.5. The molecule has 1 N–H and O–H groups in total. The van der Waals surface area contributed by atoms with Crippen molar-refractivity contribution in [1.82, 2.24) is 10.2 Å². The number of carbonyl (C=O) groups is 3. The maximum absolute atomic E-state index is 13.4. The summed E-state index contributed by atoms with van der Waals surface area (Å²) in [6, 6.07) is 17.3. The highest BCUT2D eigenvalue weighted by Gasteiger charge is 2.38. The van der Waals surface area contributed by atoms with Gasteiger partial charge in [-0.15, -0.1) is 0 Å². The van der Waals surface area contributed by atoms with E-state index >= 15 is 0 Å². The van der Waals surface area contributed by atoms with Gasteiger partial charge in [0.1, 0.15) is 25.3 Å². The second-order valence-corrected chi connectivity index (χ2v) is 9.52. The third kappa shape index (κ3) is 10.1. The van der Waals surface area contributed by atoms with Crippen LogP contribution in [-0.4, -0.2) is 81.0 Å². The fourth-order valence-electron chi connectivity index (χ4n) is 4.49. The number of ether oxygens (including phenoxy) is 4. The van der Waals surface area contributed by atoms with Crippen LogP contribution < -0.4 is 5.32 Å². The SMILES string of the molecule is COCCOCCOC(=O)[C@@H]1CCCN1C(=O)[C@H](C)N[C@@H](CCc1ccccc1)C(=O)OCc1ccccc1. The zero-order valence-corrected chi connectivity index (χ0v) is 22.9. The number of aryl methyl sites for hydroxylation is 1. The predicted octanol–water partition coefficient (Wildman–Crippen LogP) is 2.91. The minimum atomic E-state index is -0.694. The molecule has 3 atom stereocenters. The number of likely N-dealkylation sites (tertiary alicyclic amines) is 1. The van der Waals surface area contributed by atoms with Gasteiger partial charge in [0.05, 0.1) is 25.9 Å². The lowest BCUT2D eigenvalue weighted by Crippen LogP contribution is -2.53. The fraction of sp³-hybridized carbons (Fsp3) is 0.500. The Kier molecular flexibility index (Phi) is 12.9. The summed E-state index contributed by atoms with van der Waals surface area (Å²) in [5.74, 6) is -1.10. The van der Waals surface area contributed by atoms with E-state index in [0.717, 1.165) is 11.1 Å². The van der Waals surface area contributed by atoms with Crippen molar-refractivity contribution >= 4 is 17.8 Å². The lowest BCUT2D eigenvalue weighted by molar-refractivity contribution is -0.155. The summed E-state index contributed by atoms with van der Waals surface area (Å²) in [6.45, 7) is 3.60. The van der Waals surface area contributed by atoms with Crippen molar-refractivity contribution < 1.29 is 33.3 Å². The number of esters is 2. The van der Waals surface area contributed by atoms with Crippen LogP contribution in [-0.2, 0) is 46.4 Å². The van der Waals surface area contributed by atoms with Gasteiger partial charge < -0.3 is 23.8 Å². The summed E-state index contributed by atoms with van der Waals surface area (Å²) < 4.78 is 21.2. The molecule has 9 nitrogen and oxygen atoms in total. The third-order valence-electron chi connectivity index (χ3n) is 6.61. The van der Waals surface area contributed by atoms with E-state index in [0.29, 0.717) is 45.4 Å². The molecular formula is C30H40N2O7. The monoisotopic (exact) mass is 540 g/mol. The minimum Gasteiger partial charge on any atom is -0.462 e. The van der Waals surface area contributed by atoms with Crippen LogP contribution in [0.25, 0.3) is 0 Å². The summed E-state index contributed by atoms with van der Waals surface area (Å²) in [5.41, 5.74) is 1.98. The molecule has 0 unspecified atom stereocenters. The number of hydrogen-bond donors (Lipinski definition) is 1. The molecule has 0 spiro atoms. The average molecular weight is 541 g/mol. The van der Waals surface area contributed by atoms with Gasteiger partial charge in [-0.1, -0.05) is 60.7 Å². The summed E-state index contributed by atoms with van der Waals surface area (Å²) in [6.07, 6.45) is 2.35. The highest BCUT2D eigenvalue weighted by molar-refractivity contribution is 5.88. The molecule has 212 valence electrons. The molecule has 0 saturated carbocycles. The first kappa shape index (κ1) is 30.3. The number of rotatable bonds is 16. The molecule has 9 heteroatoms. The van der Waals surface area contributed by atoms with Crippen LogP contribution in [0.2, 0.25) is 0 Å². The van der Waals surface area contributed by atoms with Gasteiger partial charge >= 0.3 is 11.9 Å². The molecule has 1 fully saturated rings. The normalized spacial score (nSPS) is 16.5. The number of carbonyl (C=O) groups excluding carboxylic acids is 3. The molecule has 1 heterocycles. The maximum Gasteiger partial charge on any atom is 0.328 e. The molecule has 1 saturated heterocycles. The van der Waals surface area contributed by atoms with Crippen molar-refractivity contribution in [3.63, 3.8) is 0 Å². The molecule has 1 amide bonds. The van der Waals surface area contributed by atoms with E-state index in [1.165, 1.54) is 0 Å². The van der Waals surface area contributed by atoms with Crippen molar-refractivity contribution in [3.05, 3.63) is 71.8 Å².